The van der Waals surface area contributed by atoms with Crippen LogP contribution in [0.4, 0.5) is 8.78 Å². The minimum Gasteiger partial charge on any atom is -0.366 e. The van der Waals surface area contributed by atoms with Crippen LogP contribution in [0.2, 0.25) is 0 Å². The molecule has 0 atom stereocenters. The van der Waals surface area contributed by atoms with Gasteiger partial charge in [-0.1, -0.05) is 48.5 Å². The summed E-state index contributed by atoms with van der Waals surface area (Å²) in [6, 6.07) is 13.2. The van der Waals surface area contributed by atoms with Gasteiger partial charge in [-0.25, -0.2) is 8.78 Å². The maximum atomic E-state index is 12.9. The molecule has 0 aliphatic rings. The molecule has 0 saturated heterocycles. The van der Waals surface area contributed by atoms with Gasteiger partial charge < -0.3 is 5.73 Å². The second-order valence-corrected chi connectivity index (χ2v) is 3.80. The quantitative estimate of drug-likeness (QED) is 0.887. The Hall–Kier alpha value is -2.23. The number of benzene rings is 2. The molecule has 2 aromatic carbocycles. The first-order chi connectivity index (χ1) is 8.61. The second kappa shape index (κ2) is 4.96. The van der Waals surface area contributed by atoms with Crippen LogP contribution in [0.15, 0.2) is 48.5 Å². The van der Waals surface area contributed by atoms with Gasteiger partial charge in [0.25, 0.3) is 6.43 Å². The van der Waals surface area contributed by atoms with E-state index in [4.69, 9.17) is 5.73 Å². The molecule has 2 N–H and O–H groups in total. The smallest absolute Gasteiger partial charge is 0.264 e. The number of primary amides is 1. The molecule has 2 rings (SSSR count). The largest absolute Gasteiger partial charge is 0.366 e. The molecule has 0 bridgehead atoms. The van der Waals surface area contributed by atoms with Crippen LogP contribution in [0, 0.1) is 0 Å². The molecule has 0 saturated carbocycles. The highest BCUT2D eigenvalue weighted by atomic mass is 19.3. The Morgan fingerprint density at radius 1 is 1.00 bits per heavy atom. The highest BCUT2D eigenvalue weighted by Crippen LogP contribution is 2.31. The molecule has 0 spiro atoms. The lowest BCUT2D eigenvalue weighted by Crippen LogP contribution is -2.15. The summed E-state index contributed by atoms with van der Waals surface area (Å²) in [4.78, 5) is 11.4. The van der Waals surface area contributed by atoms with Crippen molar-refractivity contribution in [3.8, 4) is 11.1 Å². The van der Waals surface area contributed by atoms with Crippen LogP contribution >= 0.6 is 0 Å². The molecule has 2 aromatic rings. The summed E-state index contributed by atoms with van der Waals surface area (Å²) >= 11 is 0. The molecule has 2 nitrogen and oxygen atoms in total. The summed E-state index contributed by atoms with van der Waals surface area (Å²) in [6.07, 6.45) is -2.73. The zero-order valence-electron chi connectivity index (χ0n) is 9.44. The first kappa shape index (κ1) is 12.2. The van der Waals surface area contributed by atoms with Gasteiger partial charge in [0.05, 0.1) is 5.56 Å². The van der Waals surface area contributed by atoms with Crippen molar-refractivity contribution in [2.75, 3.05) is 0 Å². The Labute approximate surface area is 103 Å². The number of nitrogens with two attached hydrogens (primary N) is 1. The predicted octanol–water partition coefficient (Wildman–Crippen LogP) is 3.39. The van der Waals surface area contributed by atoms with Crippen molar-refractivity contribution in [1.82, 2.24) is 0 Å². The van der Waals surface area contributed by atoms with E-state index < -0.39 is 12.3 Å². The van der Waals surface area contributed by atoms with E-state index in [1.807, 2.05) is 6.07 Å². The molecule has 0 aromatic heterocycles. The molecular formula is C14H11F2NO. The monoisotopic (exact) mass is 247 g/mol. The van der Waals surface area contributed by atoms with E-state index in [0.29, 0.717) is 11.1 Å². The minimum absolute atomic E-state index is 0.112. The van der Waals surface area contributed by atoms with Crippen molar-refractivity contribution in [3.63, 3.8) is 0 Å². The van der Waals surface area contributed by atoms with Crippen molar-refractivity contribution >= 4 is 5.91 Å². The molecule has 0 heterocycles. The van der Waals surface area contributed by atoms with Crippen LogP contribution in [0.1, 0.15) is 22.3 Å². The van der Waals surface area contributed by atoms with Crippen LogP contribution in [-0.4, -0.2) is 5.91 Å². The standard InChI is InChI=1S/C14H11F2NO/c15-13(16)11-8-4-7-10(12(11)14(17)18)9-5-2-1-3-6-9/h1-8,13H,(H2,17,18). The minimum atomic E-state index is -2.73. The normalized spacial score (nSPS) is 10.6. The Balaban J connectivity index is 2.68. The van der Waals surface area contributed by atoms with Gasteiger partial charge in [-0.15, -0.1) is 0 Å². The topological polar surface area (TPSA) is 43.1 Å². The van der Waals surface area contributed by atoms with Gasteiger partial charge in [-0.05, 0) is 11.1 Å². The molecule has 0 aliphatic carbocycles. The van der Waals surface area contributed by atoms with Crippen molar-refractivity contribution in [3.05, 3.63) is 59.7 Å². The van der Waals surface area contributed by atoms with E-state index >= 15 is 0 Å². The number of rotatable bonds is 3. The number of hydrogen-bond acceptors (Lipinski definition) is 1. The fourth-order valence-corrected chi connectivity index (χ4v) is 1.89. The third-order valence-corrected chi connectivity index (χ3v) is 2.66. The van der Waals surface area contributed by atoms with E-state index in [1.54, 1.807) is 30.3 Å². The highest BCUT2D eigenvalue weighted by Gasteiger charge is 2.20. The fraction of sp³-hybridized carbons (Fsp3) is 0.0714. The lowest BCUT2D eigenvalue weighted by atomic mass is 9.95. The van der Waals surface area contributed by atoms with Crippen LogP contribution in [0.3, 0.4) is 0 Å². The van der Waals surface area contributed by atoms with E-state index in [2.05, 4.69) is 0 Å². The molecule has 0 unspecified atom stereocenters. The van der Waals surface area contributed by atoms with Crippen molar-refractivity contribution in [1.29, 1.82) is 0 Å². The van der Waals surface area contributed by atoms with Crippen LogP contribution < -0.4 is 5.73 Å². The molecule has 0 aliphatic heterocycles. The molecule has 4 heteroatoms. The first-order valence-electron chi connectivity index (χ1n) is 5.37. The summed E-state index contributed by atoms with van der Waals surface area (Å²) in [5.41, 5.74) is 5.90. The number of halogens is 2. The third kappa shape index (κ3) is 2.22. The van der Waals surface area contributed by atoms with E-state index in [-0.39, 0.29) is 11.1 Å². The average Bonchev–Trinajstić information content (AvgIpc) is 2.38. The summed E-state index contributed by atoms with van der Waals surface area (Å²) < 4.78 is 25.8. The fourth-order valence-electron chi connectivity index (χ4n) is 1.89. The predicted molar refractivity (Wildman–Crippen MR) is 65.4 cm³/mol. The number of carbonyl (C=O) groups is 1. The number of amides is 1. The van der Waals surface area contributed by atoms with Crippen molar-refractivity contribution in [2.24, 2.45) is 5.73 Å². The molecule has 18 heavy (non-hydrogen) atoms. The summed E-state index contributed by atoms with van der Waals surface area (Å²) in [7, 11) is 0. The lowest BCUT2D eigenvalue weighted by Gasteiger charge is -2.11. The van der Waals surface area contributed by atoms with E-state index in [1.165, 1.54) is 12.1 Å². The Kier molecular flexibility index (Phi) is 3.37. The molecular weight excluding hydrogens is 236 g/mol. The van der Waals surface area contributed by atoms with Gasteiger partial charge in [-0.3, -0.25) is 4.79 Å². The SMILES string of the molecule is NC(=O)c1c(-c2ccccc2)cccc1C(F)F. The lowest BCUT2D eigenvalue weighted by molar-refractivity contribution is 0.0987. The maximum Gasteiger partial charge on any atom is 0.264 e. The van der Waals surface area contributed by atoms with Crippen molar-refractivity contribution in [2.45, 2.75) is 6.43 Å². The van der Waals surface area contributed by atoms with Gasteiger partial charge in [0.15, 0.2) is 0 Å². The zero-order chi connectivity index (χ0) is 13.1. The van der Waals surface area contributed by atoms with Crippen LogP contribution in [0.25, 0.3) is 11.1 Å². The Morgan fingerprint density at radius 2 is 1.67 bits per heavy atom. The van der Waals surface area contributed by atoms with Crippen molar-refractivity contribution < 1.29 is 13.6 Å². The van der Waals surface area contributed by atoms with E-state index in [0.717, 1.165) is 0 Å². The maximum absolute atomic E-state index is 12.9. The second-order valence-electron chi connectivity index (χ2n) is 3.80. The molecule has 0 fully saturated rings. The first-order valence-corrected chi connectivity index (χ1v) is 5.37. The van der Waals surface area contributed by atoms with Gasteiger partial charge in [0.2, 0.25) is 5.91 Å². The van der Waals surface area contributed by atoms with Crippen LogP contribution in [-0.2, 0) is 0 Å². The third-order valence-electron chi connectivity index (χ3n) is 2.66. The number of hydrogen-bond donors (Lipinski definition) is 1. The number of alkyl halides is 2. The van der Waals surface area contributed by atoms with Gasteiger partial charge in [0, 0.05) is 5.56 Å². The van der Waals surface area contributed by atoms with Gasteiger partial charge >= 0.3 is 0 Å². The summed E-state index contributed by atoms with van der Waals surface area (Å²) in [5, 5.41) is 0. The highest BCUT2D eigenvalue weighted by molar-refractivity contribution is 6.01. The molecule has 0 radical (unpaired) electrons. The Morgan fingerprint density at radius 3 is 2.22 bits per heavy atom. The average molecular weight is 247 g/mol. The van der Waals surface area contributed by atoms with Gasteiger partial charge in [0.1, 0.15) is 0 Å². The van der Waals surface area contributed by atoms with E-state index in [9.17, 15) is 13.6 Å². The molecule has 92 valence electrons. The summed E-state index contributed by atoms with van der Waals surface area (Å²) in [5.74, 6) is -0.843. The molecule has 1 amide bonds. The number of carbonyl (C=O) groups excluding carboxylic acids is 1. The summed E-state index contributed by atoms with van der Waals surface area (Å²) in [6.45, 7) is 0. The Bertz CT molecular complexity index is 567. The van der Waals surface area contributed by atoms with Crippen LogP contribution in [0.5, 0.6) is 0 Å². The van der Waals surface area contributed by atoms with Gasteiger partial charge in [-0.2, -0.15) is 0 Å². The zero-order valence-corrected chi connectivity index (χ0v) is 9.44.